The van der Waals surface area contributed by atoms with E-state index < -0.39 is 9.05 Å². The molecule has 0 atom stereocenters. The van der Waals surface area contributed by atoms with Crippen molar-refractivity contribution in [2.45, 2.75) is 17.7 Å². The maximum atomic E-state index is 12.1. The lowest BCUT2D eigenvalue weighted by molar-refractivity contribution is 0.0789. The van der Waals surface area contributed by atoms with Crippen LogP contribution in [0.1, 0.15) is 23.2 Å². The number of amides is 1. The van der Waals surface area contributed by atoms with E-state index in [9.17, 15) is 13.2 Å². The fraction of sp³-hybridized carbons (Fsp3) is 0.364. The lowest BCUT2D eigenvalue weighted by Crippen LogP contribution is -2.28. The van der Waals surface area contributed by atoms with E-state index in [0.29, 0.717) is 13.1 Å². The number of carbonyl (C=O) groups is 1. The van der Waals surface area contributed by atoms with E-state index in [1.54, 1.807) is 17.0 Å². The minimum absolute atomic E-state index is 0.112. The van der Waals surface area contributed by atoms with Crippen molar-refractivity contribution in [1.82, 2.24) is 4.90 Å². The van der Waals surface area contributed by atoms with Crippen LogP contribution in [0, 0.1) is 0 Å². The molecule has 0 radical (unpaired) electrons. The molecule has 92 valence electrons. The Morgan fingerprint density at radius 1 is 1.18 bits per heavy atom. The molecule has 0 N–H and O–H groups in total. The molecule has 0 bridgehead atoms. The van der Waals surface area contributed by atoms with Gasteiger partial charge in [0.2, 0.25) is 0 Å². The summed E-state index contributed by atoms with van der Waals surface area (Å²) in [5.74, 6) is -0.262. The van der Waals surface area contributed by atoms with Crippen molar-refractivity contribution in [3.05, 3.63) is 29.8 Å². The summed E-state index contributed by atoms with van der Waals surface area (Å²) in [6.07, 6.45) is 1.92. The third-order valence-corrected chi connectivity index (χ3v) is 4.15. The van der Waals surface area contributed by atoms with E-state index in [0.717, 1.165) is 12.8 Å². The molecule has 6 heteroatoms. The summed E-state index contributed by atoms with van der Waals surface area (Å²) >= 11 is 0. The Morgan fingerprint density at radius 3 is 2.35 bits per heavy atom. The molecule has 1 fully saturated rings. The predicted molar refractivity (Wildman–Crippen MR) is 64.6 cm³/mol. The van der Waals surface area contributed by atoms with Crippen molar-refractivity contribution in [1.29, 1.82) is 0 Å². The van der Waals surface area contributed by atoms with Gasteiger partial charge in [-0.1, -0.05) is 12.1 Å². The van der Waals surface area contributed by atoms with Gasteiger partial charge in [0.05, 0.1) is 10.5 Å². The topological polar surface area (TPSA) is 54.5 Å². The summed E-state index contributed by atoms with van der Waals surface area (Å²) in [4.78, 5) is 13.7. The van der Waals surface area contributed by atoms with E-state index in [2.05, 4.69) is 0 Å². The summed E-state index contributed by atoms with van der Waals surface area (Å²) in [6.45, 7) is 1.35. The monoisotopic (exact) mass is 273 g/mol. The summed E-state index contributed by atoms with van der Waals surface area (Å²) in [5.41, 5.74) is 0.157. The maximum absolute atomic E-state index is 12.1. The Balaban J connectivity index is 2.41. The van der Waals surface area contributed by atoms with Gasteiger partial charge in [-0.15, -0.1) is 0 Å². The zero-order chi connectivity index (χ0) is 12.5. The number of benzene rings is 1. The molecular formula is C11H12ClNO3S. The largest absolute Gasteiger partial charge is 0.339 e. The zero-order valence-corrected chi connectivity index (χ0v) is 10.7. The predicted octanol–water partition coefficient (Wildman–Crippen LogP) is 1.85. The van der Waals surface area contributed by atoms with Crippen LogP contribution in [0.5, 0.6) is 0 Å². The van der Waals surface area contributed by atoms with Crippen LogP contribution in [-0.4, -0.2) is 32.3 Å². The van der Waals surface area contributed by atoms with Crippen LogP contribution >= 0.6 is 10.7 Å². The van der Waals surface area contributed by atoms with Crippen molar-refractivity contribution in [2.75, 3.05) is 13.1 Å². The fourth-order valence-electron chi connectivity index (χ4n) is 1.95. The molecule has 0 aromatic heterocycles. The van der Waals surface area contributed by atoms with Gasteiger partial charge in [-0.2, -0.15) is 0 Å². The van der Waals surface area contributed by atoms with Crippen molar-refractivity contribution in [2.24, 2.45) is 0 Å². The van der Waals surface area contributed by atoms with Gasteiger partial charge in [-0.05, 0) is 25.0 Å². The standard InChI is InChI=1S/C11H12ClNO3S/c12-17(15,16)10-6-2-1-5-9(10)11(14)13-7-3-4-8-13/h1-2,5-6H,3-4,7-8H2. The minimum atomic E-state index is -3.88. The molecular weight excluding hydrogens is 262 g/mol. The molecule has 1 saturated heterocycles. The highest BCUT2D eigenvalue weighted by molar-refractivity contribution is 8.13. The average molecular weight is 274 g/mol. The van der Waals surface area contributed by atoms with Gasteiger partial charge in [0, 0.05) is 23.8 Å². The fourth-order valence-corrected chi connectivity index (χ4v) is 3.01. The molecule has 1 amide bonds. The summed E-state index contributed by atoms with van der Waals surface area (Å²) in [5, 5.41) is 0. The molecule has 0 saturated carbocycles. The normalized spacial score (nSPS) is 16.2. The summed E-state index contributed by atoms with van der Waals surface area (Å²) in [7, 11) is 1.43. The Labute approximate surface area is 105 Å². The molecule has 0 aliphatic carbocycles. The molecule has 0 spiro atoms. The zero-order valence-electron chi connectivity index (χ0n) is 9.10. The molecule has 1 aromatic rings. The van der Waals surface area contributed by atoms with E-state index in [1.807, 2.05) is 0 Å². The first-order chi connectivity index (χ1) is 8.00. The van der Waals surface area contributed by atoms with E-state index in [1.165, 1.54) is 12.1 Å². The van der Waals surface area contributed by atoms with Crippen molar-refractivity contribution < 1.29 is 13.2 Å². The number of nitrogens with zero attached hydrogens (tertiary/aromatic N) is 1. The maximum Gasteiger partial charge on any atom is 0.262 e. The smallest absolute Gasteiger partial charge is 0.262 e. The first-order valence-corrected chi connectivity index (χ1v) is 7.64. The molecule has 0 unspecified atom stereocenters. The number of halogens is 1. The third kappa shape index (κ3) is 2.61. The van der Waals surface area contributed by atoms with Gasteiger partial charge in [0.1, 0.15) is 0 Å². The lowest BCUT2D eigenvalue weighted by Gasteiger charge is -2.16. The highest BCUT2D eigenvalue weighted by atomic mass is 35.7. The number of hydrogen-bond donors (Lipinski definition) is 0. The van der Waals surface area contributed by atoms with E-state index in [4.69, 9.17) is 10.7 Å². The number of carbonyl (C=O) groups excluding carboxylic acids is 1. The van der Waals surface area contributed by atoms with Gasteiger partial charge in [0.25, 0.3) is 15.0 Å². The second-order valence-corrected chi connectivity index (χ2v) is 6.47. The van der Waals surface area contributed by atoms with Crippen LogP contribution in [0.15, 0.2) is 29.2 Å². The van der Waals surface area contributed by atoms with Gasteiger partial charge in [0.15, 0.2) is 0 Å². The van der Waals surface area contributed by atoms with Gasteiger partial charge in [-0.25, -0.2) is 8.42 Å². The quantitative estimate of drug-likeness (QED) is 0.773. The summed E-state index contributed by atoms with van der Waals surface area (Å²) < 4.78 is 22.7. The second kappa shape index (κ2) is 4.66. The van der Waals surface area contributed by atoms with E-state index >= 15 is 0 Å². The van der Waals surface area contributed by atoms with Crippen LogP contribution in [0.3, 0.4) is 0 Å². The first kappa shape index (κ1) is 12.4. The van der Waals surface area contributed by atoms with Crippen molar-refractivity contribution >= 4 is 25.6 Å². The van der Waals surface area contributed by atoms with Gasteiger partial charge >= 0.3 is 0 Å². The Kier molecular flexibility index (Phi) is 3.40. The Hall–Kier alpha value is -1.07. The van der Waals surface area contributed by atoms with Crippen LogP contribution in [0.2, 0.25) is 0 Å². The molecule has 2 rings (SSSR count). The SMILES string of the molecule is O=C(c1ccccc1S(=O)(=O)Cl)N1CCCC1. The number of hydrogen-bond acceptors (Lipinski definition) is 3. The second-order valence-electron chi connectivity index (χ2n) is 3.93. The summed E-state index contributed by atoms with van der Waals surface area (Å²) in [6, 6.07) is 6.03. The van der Waals surface area contributed by atoms with Gasteiger partial charge in [-0.3, -0.25) is 4.79 Å². The highest BCUT2D eigenvalue weighted by Gasteiger charge is 2.25. The molecule has 17 heavy (non-hydrogen) atoms. The third-order valence-electron chi connectivity index (χ3n) is 2.77. The molecule has 1 heterocycles. The molecule has 1 aliphatic heterocycles. The van der Waals surface area contributed by atoms with Gasteiger partial charge < -0.3 is 4.90 Å². The highest BCUT2D eigenvalue weighted by Crippen LogP contribution is 2.22. The van der Waals surface area contributed by atoms with Crippen molar-refractivity contribution in [3.8, 4) is 0 Å². The minimum Gasteiger partial charge on any atom is -0.339 e. The molecule has 1 aliphatic rings. The lowest BCUT2D eigenvalue weighted by atomic mass is 10.2. The Morgan fingerprint density at radius 2 is 1.76 bits per heavy atom. The first-order valence-electron chi connectivity index (χ1n) is 5.33. The Bertz CT molecular complexity index is 535. The van der Waals surface area contributed by atoms with Crippen LogP contribution in [0.4, 0.5) is 0 Å². The number of likely N-dealkylation sites (tertiary alicyclic amines) is 1. The van der Waals surface area contributed by atoms with Crippen molar-refractivity contribution in [3.63, 3.8) is 0 Å². The average Bonchev–Trinajstić information content (AvgIpc) is 2.80. The van der Waals surface area contributed by atoms with E-state index in [-0.39, 0.29) is 16.4 Å². The van der Waals surface area contributed by atoms with Crippen LogP contribution in [0.25, 0.3) is 0 Å². The molecule has 1 aromatic carbocycles. The number of rotatable bonds is 2. The van der Waals surface area contributed by atoms with Crippen LogP contribution in [-0.2, 0) is 9.05 Å². The molecule has 4 nitrogen and oxygen atoms in total. The van der Waals surface area contributed by atoms with Crippen LogP contribution < -0.4 is 0 Å².